The number of halogens is 1. The number of rotatable bonds is 6. The summed E-state index contributed by atoms with van der Waals surface area (Å²) in [4.78, 5) is 0. The molecule has 0 saturated heterocycles. The molecule has 0 heterocycles. The van der Waals surface area contributed by atoms with Gasteiger partial charge in [0.2, 0.25) is 0 Å². The van der Waals surface area contributed by atoms with Gasteiger partial charge in [-0.25, -0.2) is 0 Å². The van der Waals surface area contributed by atoms with Crippen LogP contribution in [0.3, 0.4) is 0 Å². The SMILES string of the molecule is OC(CNCCC1CCCC1)c1ccc(Cl)cc1. The molecule has 1 saturated carbocycles. The van der Waals surface area contributed by atoms with Gasteiger partial charge in [0.05, 0.1) is 6.10 Å². The Bertz CT molecular complexity index is 346. The lowest BCUT2D eigenvalue weighted by Gasteiger charge is -2.14. The predicted octanol–water partition coefficient (Wildman–Crippen LogP) is 3.54. The molecule has 0 spiro atoms. The van der Waals surface area contributed by atoms with Gasteiger partial charge in [0, 0.05) is 11.6 Å². The van der Waals surface area contributed by atoms with E-state index in [1.165, 1.54) is 32.1 Å². The molecule has 1 aromatic carbocycles. The number of hydrogen-bond donors (Lipinski definition) is 2. The molecule has 2 N–H and O–H groups in total. The van der Waals surface area contributed by atoms with Crippen LogP contribution < -0.4 is 5.32 Å². The van der Waals surface area contributed by atoms with Crippen molar-refractivity contribution in [1.29, 1.82) is 0 Å². The molecule has 0 amide bonds. The summed E-state index contributed by atoms with van der Waals surface area (Å²) in [5.41, 5.74) is 0.924. The molecule has 1 aliphatic carbocycles. The van der Waals surface area contributed by atoms with Crippen molar-refractivity contribution in [3.63, 3.8) is 0 Å². The average molecular weight is 268 g/mol. The lowest BCUT2D eigenvalue weighted by atomic mass is 10.0. The highest BCUT2D eigenvalue weighted by Gasteiger charge is 2.14. The third-order valence-electron chi connectivity index (χ3n) is 3.80. The maximum absolute atomic E-state index is 10.00. The molecule has 2 rings (SSSR count). The summed E-state index contributed by atoms with van der Waals surface area (Å²) in [6, 6.07) is 7.40. The van der Waals surface area contributed by atoms with E-state index in [-0.39, 0.29) is 0 Å². The molecular weight excluding hydrogens is 246 g/mol. The molecule has 1 aliphatic rings. The van der Waals surface area contributed by atoms with Gasteiger partial charge in [-0.2, -0.15) is 0 Å². The molecule has 1 fully saturated rings. The van der Waals surface area contributed by atoms with E-state index in [1.807, 2.05) is 24.3 Å². The molecule has 3 heteroatoms. The smallest absolute Gasteiger partial charge is 0.0914 e. The van der Waals surface area contributed by atoms with Crippen molar-refractivity contribution in [3.8, 4) is 0 Å². The van der Waals surface area contributed by atoms with Crippen molar-refractivity contribution in [2.24, 2.45) is 5.92 Å². The van der Waals surface area contributed by atoms with Crippen LogP contribution in [0, 0.1) is 5.92 Å². The Morgan fingerprint density at radius 2 is 1.89 bits per heavy atom. The molecule has 0 aliphatic heterocycles. The number of aliphatic hydroxyl groups excluding tert-OH is 1. The fraction of sp³-hybridized carbons (Fsp3) is 0.600. The van der Waals surface area contributed by atoms with Gasteiger partial charge in [0.25, 0.3) is 0 Å². The van der Waals surface area contributed by atoms with E-state index in [1.54, 1.807) is 0 Å². The molecule has 0 radical (unpaired) electrons. The average Bonchev–Trinajstić information content (AvgIpc) is 2.88. The van der Waals surface area contributed by atoms with E-state index >= 15 is 0 Å². The van der Waals surface area contributed by atoms with Gasteiger partial charge >= 0.3 is 0 Å². The van der Waals surface area contributed by atoms with Crippen LogP contribution >= 0.6 is 11.6 Å². The van der Waals surface area contributed by atoms with Gasteiger partial charge in [0.1, 0.15) is 0 Å². The van der Waals surface area contributed by atoms with E-state index in [0.717, 1.165) is 18.0 Å². The Hall–Kier alpha value is -0.570. The maximum Gasteiger partial charge on any atom is 0.0914 e. The van der Waals surface area contributed by atoms with Crippen molar-refractivity contribution in [2.45, 2.75) is 38.2 Å². The summed E-state index contributed by atoms with van der Waals surface area (Å²) >= 11 is 5.82. The van der Waals surface area contributed by atoms with Crippen LogP contribution in [-0.4, -0.2) is 18.2 Å². The first-order chi connectivity index (χ1) is 8.75. The molecular formula is C15H22ClNO. The first kappa shape index (κ1) is 13.9. The van der Waals surface area contributed by atoms with Gasteiger partial charge in [-0.15, -0.1) is 0 Å². The van der Waals surface area contributed by atoms with E-state index < -0.39 is 6.10 Å². The standard InChI is InChI=1S/C15H22ClNO/c16-14-7-5-13(6-8-14)15(18)11-17-10-9-12-3-1-2-4-12/h5-8,12,15,17-18H,1-4,9-11H2. The topological polar surface area (TPSA) is 32.3 Å². The van der Waals surface area contributed by atoms with E-state index in [0.29, 0.717) is 11.6 Å². The summed E-state index contributed by atoms with van der Waals surface area (Å²) in [5.74, 6) is 0.908. The first-order valence-electron chi connectivity index (χ1n) is 6.90. The Balaban J connectivity index is 1.64. The van der Waals surface area contributed by atoms with Crippen LogP contribution in [0.1, 0.15) is 43.8 Å². The van der Waals surface area contributed by atoms with Gasteiger partial charge in [0.15, 0.2) is 0 Å². The zero-order valence-electron chi connectivity index (χ0n) is 10.7. The number of aliphatic hydroxyl groups is 1. The molecule has 18 heavy (non-hydrogen) atoms. The van der Waals surface area contributed by atoms with Crippen LogP contribution in [0.4, 0.5) is 0 Å². The molecule has 0 bridgehead atoms. The van der Waals surface area contributed by atoms with Crippen molar-refractivity contribution in [2.75, 3.05) is 13.1 Å². The Morgan fingerprint density at radius 1 is 1.22 bits per heavy atom. The summed E-state index contributed by atoms with van der Waals surface area (Å²) in [6.07, 6.45) is 6.39. The summed E-state index contributed by atoms with van der Waals surface area (Å²) in [6.45, 7) is 1.63. The van der Waals surface area contributed by atoms with Crippen molar-refractivity contribution in [3.05, 3.63) is 34.9 Å². The molecule has 0 aromatic heterocycles. The van der Waals surface area contributed by atoms with Crippen LogP contribution in [0.15, 0.2) is 24.3 Å². The quantitative estimate of drug-likeness (QED) is 0.773. The van der Waals surface area contributed by atoms with Gasteiger partial charge in [-0.05, 0) is 36.6 Å². The predicted molar refractivity (Wildman–Crippen MR) is 75.9 cm³/mol. The zero-order chi connectivity index (χ0) is 12.8. The van der Waals surface area contributed by atoms with E-state index in [9.17, 15) is 5.11 Å². The summed E-state index contributed by atoms with van der Waals surface area (Å²) in [7, 11) is 0. The molecule has 1 atom stereocenters. The third kappa shape index (κ3) is 4.27. The highest BCUT2D eigenvalue weighted by molar-refractivity contribution is 6.30. The molecule has 1 aromatic rings. The van der Waals surface area contributed by atoms with Crippen LogP contribution in [0.2, 0.25) is 5.02 Å². The van der Waals surface area contributed by atoms with Gasteiger partial charge < -0.3 is 10.4 Å². The molecule has 1 unspecified atom stereocenters. The Morgan fingerprint density at radius 3 is 2.56 bits per heavy atom. The first-order valence-corrected chi connectivity index (χ1v) is 7.28. The monoisotopic (exact) mass is 267 g/mol. The fourth-order valence-electron chi connectivity index (χ4n) is 2.65. The number of hydrogen-bond acceptors (Lipinski definition) is 2. The highest BCUT2D eigenvalue weighted by Crippen LogP contribution is 2.26. The largest absolute Gasteiger partial charge is 0.387 e. The van der Waals surface area contributed by atoms with Crippen LogP contribution in [0.25, 0.3) is 0 Å². The zero-order valence-corrected chi connectivity index (χ0v) is 11.5. The second kappa shape index (κ2) is 7.13. The second-order valence-electron chi connectivity index (χ2n) is 5.21. The third-order valence-corrected chi connectivity index (χ3v) is 4.05. The van der Waals surface area contributed by atoms with Gasteiger partial charge in [-0.1, -0.05) is 49.4 Å². The minimum Gasteiger partial charge on any atom is -0.387 e. The lowest BCUT2D eigenvalue weighted by Crippen LogP contribution is -2.23. The summed E-state index contributed by atoms with van der Waals surface area (Å²) in [5, 5.41) is 14.0. The number of benzene rings is 1. The fourth-order valence-corrected chi connectivity index (χ4v) is 2.77. The van der Waals surface area contributed by atoms with Crippen LogP contribution in [-0.2, 0) is 0 Å². The lowest BCUT2D eigenvalue weighted by molar-refractivity contribution is 0.174. The van der Waals surface area contributed by atoms with Crippen molar-refractivity contribution >= 4 is 11.6 Å². The maximum atomic E-state index is 10.00. The number of nitrogens with one attached hydrogen (secondary N) is 1. The van der Waals surface area contributed by atoms with Crippen LogP contribution in [0.5, 0.6) is 0 Å². The Labute approximate surface area is 114 Å². The minimum absolute atomic E-state index is 0.439. The second-order valence-corrected chi connectivity index (χ2v) is 5.65. The van der Waals surface area contributed by atoms with E-state index in [4.69, 9.17) is 11.6 Å². The van der Waals surface area contributed by atoms with Crippen molar-refractivity contribution < 1.29 is 5.11 Å². The minimum atomic E-state index is -0.439. The summed E-state index contributed by atoms with van der Waals surface area (Å²) < 4.78 is 0. The molecule has 2 nitrogen and oxygen atoms in total. The molecule has 100 valence electrons. The Kier molecular flexibility index (Phi) is 5.48. The van der Waals surface area contributed by atoms with Gasteiger partial charge in [-0.3, -0.25) is 0 Å². The van der Waals surface area contributed by atoms with E-state index in [2.05, 4.69) is 5.32 Å². The highest BCUT2D eigenvalue weighted by atomic mass is 35.5. The normalized spacial score (nSPS) is 18.1. The van der Waals surface area contributed by atoms with Crippen molar-refractivity contribution in [1.82, 2.24) is 5.32 Å².